The van der Waals surface area contributed by atoms with Crippen LogP contribution >= 0.6 is 11.6 Å². The standard InChI is InChI=1S/C18H19ClN6O2/c1-12-20-18(27-22-12)16-11-25(23-21-16)15-5-7-24(8-6-15)17(26)10-13-3-2-4-14(19)9-13/h2-4,9,11,15H,5-8,10H2,1H3. The molecule has 2 aromatic heterocycles. The fourth-order valence-corrected chi connectivity index (χ4v) is 3.48. The third-order valence-corrected chi connectivity index (χ3v) is 4.93. The number of nitrogens with zero attached hydrogens (tertiary/aromatic N) is 6. The first-order valence-electron chi connectivity index (χ1n) is 8.83. The van der Waals surface area contributed by atoms with E-state index >= 15 is 0 Å². The molecule has 1 aliphatic heterocycles. The van der Waals surface area contributed by atoms with E-state index in [1.54, 1.807) is 6.92 Å². The molecule has 0 saturated carbocycles. The SMILES string of the molecule is Cc1noc(-c2cn(C3CCN(C(=O)Cc4cccc(Cl)c4)CC3)nn2)n1. The number of carbonyl (C=O) groups excluding carboxylic acids is 1. The van der Waals surface area contributed by atoms with Gasteiger partial charge in [-0.3, -0.25) is 4.79 Å². The second-order valence-electron chi connectivity index (χ2n) is 6.65. The van der Waals surface area contributed by atoms with Crippen LogP contribution in [0, 0.1) is 6.92 Å². The van der Waals surface area contributed by atoms with Crippen LogP contribution in [0.5, 0.6) is 0 Å². The van der Waals surface area contributed by atoms with Crippen LogP contribution < -0.4 is 0 Å². The fraction of sp³-hybridized carbons (Fsp3) is 0.389. The van der Waals surface area contributed by atoms with Crippen molar-refractivity contribution in [3.05, 3.63) is 46.9 Å². The molecule has 0 N–H and O–H groups in total. The second kappa shape index (κ2) is 7.48. The molecule has 0 radical (unpaired) electrons. The zero-order valence-electron chi connectivity index (χ0n) is 14.9. The first kappa shape index (κ1) is 17.7. The number of halogens is 1. The lowest BCUT2D eigenvalue weighted by Gasteiger charge is -2.32. The van der Waals surface area contributed by atoms with E-state index in [1.807, 2.05) is 40.0 Å². The molecule has 140 valence electrons. The Labute approximate surface area is 161 Å². The predicted molar refractivity (Wildman–Crippen MR) is 98.1 cm³/mol. The van der Waals surface area contributed by atoms with E-state index in [-0.39, 0.29) is 11.9 Å². The van der Waals surface area contributed by atoms with Crippen molar-refractivity contribution in [2.45, 2.75) is 32.2 Å². The lowest BCUT2D eigenvalue weighted by Crippen LogP contribution is -2.40. The van der Waals surface area contributed by atoms with Crippen LogP contribution in [0.4, 0.5) is 0 Å². The van der Waals surface area contributed by atoms with Crippen LogP contribution in [0.15, 0.2) is 35.0 Å². The summed E-state index contributed by atoms with van der Waals surface area (Å²) in [4.78, 5) is 18.6. The highest BCUT2D eigenvalue weighted by atomic mass is 35.5. The van der Waals surface area contributed by atoms with Gasteiger partial charge in [0.15, 0.2) is 11.5 Å². The number of likely N-dealkylation sites (tertiary alicyclic amines) is 1. The Balaban J connectivity index is 1.35. The van der Waals surface area contributed by atoms with Gasteiger partial charge in [0.1, 0.15) is 0 Å². The molecule has 0 spiro atoms. The largest absolute Gasteiger partial charge is 0.342 e. The summed E-state index contributed by atoms with van der Waals surface area (Å²) in [5.74, 6) is 1.05. The van der Waals surface area contributed by atoms with Crippen molar-refractivity contribution < 1.29 is 9.32 Å². The van der Waals surface area contributed by atoms with E-state index in [1.165, 1.54) is 0 Å². The topological polar surface area (TPSA) is 89.9 Å². The maximum absolute atomic E-state index is 12.5. The van der Waals surface area contributed by atoms with Crippen molar-refractivity contribution in [2.24, 2.45) is 0 Å². The summed E-state index contributed by atoms with van der Waals surface area (Å²) in [6.07, 6.45) is 3.84. The van der Waals surface area contributed by atoms with E-state index in [9.17, 15) is 4.79 Å². The van der Waals surface area contributed by atoms with E-state index < -0.39 is 0 Å². The highest BCUT2D eigenvalue weighted by Crippen LogP contribution is 2.24. The Hall–Kier alpha value is -2.74. The zero-order chi connectivity index (χ0) is 18.8. The number of amides is 1. The van der Waals surface area contributed by atoms with E-state index in [0.29, 0.717) is 41.9 Å². The minimum atomic E-state index is 0.122. The molecule has 1 amide bonds. The quantitative estimate of drug-likeness (QED) is 0.684. The van der Waals surface area contributed by atoms with Crippen LogP contribution in [0.25, 0.3) is 11.6 Å². The molecule has 8 nitrogen and oxygen atoms in total. The maximum atomic E-state index is 12.5. The number of carbonyl (C=O) groups is 1. The van der Waals surface area contributed by atoms with Gasteiger partial charge in [-0.05, 0) is 37.5 Å². The molecule has 3 aromatic rings. The summed E-state index contributed by atoms with van der Waals surface area (Å²) in [5.41, 5.74) is 1.50. The molecular formula is C18H19ClN6O2. The molecule has 1 aliphatic rings. The van der Waals surface area contributed by atoms with Crippen molar-refractivity contribution in [1.82, 2.24) is 30.0 Å². The number of benzene rings is 1. The fourth-order valence-electron chi connectivity index (χ4n) is 3.27. The normalized spacial score (nSPS) is 15.3. The van der Waals surface area contributed by atoms with Crippen LogP contribution in [0.3, 0.4) is 0 Å². The van der Waals surface area contributed by atoms with Gasteiger partial charge in [-0.15, -0.1) is 5.10 Å². The Morgan fingerprint density at radius 1 is 1.33 bits per heavy atom. The first-order valence-corrected chi connectivity index (χ1v) is 9.21. The molecule has 0 aliphatic carbocycles. The average molecular weight is 387 g/mol. The molecule has 0 bridgehead atoms. The van der Waals surface area contributed by atoms with Gasteiger partial charge < -0.3 is 9.42 Å². The van der Waals surface area contributed by atoms with Crippen LogP contribution in [-0.4, -0.2) is 49.0 Å². The lowest BCUT2D eigenvalue weighted by molar-refractivity contribution is -0.131. The third kappa shape index (κ3) is 4.00. The number of aryl methyl sites for hydroxylation is 1. The molecule has 1 fully saturated rings. The smallest absolute Gasteiger partial charge is 0.280 e. The average Bonchev–Trinajstić information content (AvgIpc) is 3.31. The van der Waals surface area contributed by atoms with Gasteiger partial charge in [0, 0.05) is 18.1 Å². The molecular weight excluding hydrogens is 368 g/mol. The van der Waals surface area contributed by atoms with Gasteiger partial charge in [-0.25, -0.2) is 4.68 Å². The minimum absolute atomic E-state index is 0.122. The van der Waals surface area contributed by atoms with Crippen molar-refractivity contribution in [3.63, 3.8) is 0 Å². The Morgan fingerprint density at radius 3 is 2.85 bits per heavy atom. The Kier molecular flexibility index (Phi) is 4.89. The number of piperidine rings is 1. The zero-order valence-corrected chi connectivity index (χ0v) is 15.6. The van der Waals surface area contributed by atoms with Gasteiger partial charge >= 0.3 is 0 Å². The van der Waals surface area contributed by atoms with Gasteiger partial charge in [0.2, 0.25) is 5.91 Å². The van der Waals surface area contributed by atoms with Crippen molar-refractivity contribution in [2.75, 3.05) is 13.1 Å². The predicted octanol–water partition coefficient (Wildman–Crippen LogP) is 2.70. The molecule has 27 heavy (non-hydrogen) atoms. The summed E-state index contributed by atoms with van der Waals surface area (Å²) >= 11 is 5.99. The second-order valence-corrected chi connectivity index (χ2v) is 7.09. The van der Waals surface area contributed by atoms with Crippen LogP contribution in [-0.2, 0) is 11.2 Å². The maximum Gasteiger partial charge on any atom is 0.280 e. The molecule has 4 rings (SSSR count). The Bertz CT molecular complexity index is 945. The van der Waals surface area contributed by atoms with Gasteiger partial charge in [0.05, 0.1) is 18.7 Å². The number of aromatic nitrogens is 5. The molecule has 1 saturated heterocycles. The summed E-state index contributed by atoms with van der Waals surface area (Å²) in [6.45, 7) is 3.14. The first-order chi connectivity index (χ1) is 13.1. The van der Waals surface area contributed by atoms with E-state index in [0.717, 1.165) is 18.4 Å². The molecule has 0 atom stereocenters. The summed E-state index contributed by atoms with van der Waals surface area (Å²) in [5, 5.41) is 12.7. The molecule has 9 heteroatoms. The number of hydrogen-bond acceptors (Lipinski definition) is 6. The molecule has 0 unspecified atom stereocenters. The molecule has 3 heterocycles. The van der Waals surface area contributed by atoms with E-state index in [2.05, 4.69) is 20.5 Å². The van der Waals surface area contributed by atoms with E-state index in [4.69, 9.17) is 16.1 Å². The third-order valence-electron chi connectivity index (χ3n) is 4.69. The monoisotopic (exact) mass is 386 g/mol. The highest BCUT2D eigenvalue weighted by molar-refractivity contribution is 6.30. The van der Waals surface area contributed by atoms with Crippen molar-refractivity contribution in [3.8, 4) is 11.6 Å². The van der Waals surface area contributed by atoms with Crippen molar-refractivity contribution in [1.29, 1.82) is 0 Å². The summed E-state index contributed by atoms with van der Waals surface area (Å²) in [6, 6.07) is 7.63. The number of rotatable bonds is 4. The van der Waals surface area contributed by atoms with Gasteiger partial charge in [-0.2, -0.15) is 4.98 Å². The van der Waals surface area contributed by atoms with Gasteiger partial charge in [0.25, 0.3) is 5.89 Å². The van der Waals surface area contributed by atoms with Crippen molar-refractivity contribution >= 4 is 17.5 Å². The highest BCUT2D eigenvalue weighted by Gasteiger charge is 2.25. The minimum Gasteiger partial charge on any atom is -0.342 e. The lowest BCUT2D eigenvalue weighted by atomic mass is 10.0. The van der Waals surface area contributed by atoms with Crippen LogP contribution in [0.1, 0.15) is 30.3 Å². The Morgan fingerprint density at radius 2 is 2.15 bits per heavy atom. The summed E-state index contributed by atoms with van der Waals surface area (Å²) in [7, 11) is 0. The molecule has 1 aromatic carbocycles. The van der Waals surface area contributed by atoms with Crippen LogP contribution in [0.2, 0.25) is 5.02 Å². The number of hydrogen-bond donors (Lipinski definition) is 0. The summed E-state index contributed by atoms with van der Waals surface area (Å²) < 4.78 is 6.95. The van der Waals surface area contributed by atoms with Gasteiger partial charge in [-0.1, -0.05) is 34.1 Å².